The normalized spacial score (nSPS) is 18.2. The van der Waals surface area contributed by atoms with E-state index in [0.717, 1.165) is 9.75 Å². The number of nitrogens with one attached hydrogen (secondary N) is 1. The minimum Gasteiger partial charge on any atom is -0.398 e. The van der Waals surface area contributed by atoms with Gasteiger partial charge >= 0.3 is 0 Å². The Bertz CT molecular complexity index is 388. The molecule has 1 aliphatic rings. The van der Waals surface area contributed by atoms with Crippen LogP contribution < -0.4 is 11.1 Å². The maximum Gasteiger partial charge on any atom is 0.261 e. The van der Waals surface area contributed by atoms with Crippen LogP contribution in [0.25, 0.3) is 0 Å². The van der Waals surface area contributed by atoms with Gasteiger partial charge < -0.3 is 11.1 Å². The highest BCUT2D eigenvalue weighted by Crippen LogP contribution is 2.28. The fourth-order valence-corrected chi connectivity index (χ4v) is 3.31. The van der Waals surface area contributed by atoms with Crippen LogP contribution >= 0.6 is 11.3 Å². The number of hydrogen-bond donors (Lipinski definition) is 2. The number of aryl methyl sites for hydroxylation is 1. The van der Waals surface area contributed by atoms with Gasteiger partial charge in [0.2, 0.25) is 0 Å². The molecule has 0 bridgehead atoms. The van der Waals surface area contributed by atoms with Crippen LogP contribution in [-0.4, -0.2) is 11.9 Å². The van der Waals surface area contributed by atoms with Crippen molar-refractivity contribution in [2.75, 3.05) is 5.73 Å². The number of nitrogen functional groups attached to an aromatic ring is 1. The van der Waals surface area contributed by atoms with Gasteiger partial charge in [-0.3, -0.25) is 4.79 Å². The van der Waals surface area contributed by atoms with Crippen LogP contribution in [0.15, 0.2) is 6.07 Å². The van der Waals surface area contributed by atoms with Gasteiger partial charge in [-0.15, -0.1) is 11.3 Å². The van der Waals surface area contributed by atoms with Crippen molar-refractivity contribution >= 4 is 22.9 Å². The molecule has 1 aliphatic carbocycles. The Hall–Kier alpha value is -1.03. The van der Waals surface area contributed by atoms with Crippen LogP contribution in [0.4, 0.5) is 5.69 Å². The number of carbonyl (C=O) groups excluding carboxylic acids is 1. The van der Waals surface area contributed by atoms with Crippen LogP contribution in [0.5, 0.6) is 0 Å². The average Bonchev–Trinajstić information content (AvgIpc) is 2.89. The number of thiophene rings is 1. The smallest absolute Gasteiger partial charge is 0.261 e. The zero-order valence-corrected chi connectivity index (χ0v) is 11.3. The number of amides is 1. The van der Waals surface area contributed by atoms with Crippen molar-refractivity contribution < 1.29 is 4.79 Å². The molecule has 0 aromatic carbocycles. The number of rotatable bonds is 3. The van der Waals surface area contributed by atoms with Crippen LogP contribution in [0, 0.1) is 12.8 Å². The molecule has 1 amide bonds. The second-order valence-corrected chi connectivity index (χ2v) is 6.19. The van der Waals surface area contributed by atoms with Gasteiger partial charge in [0, 0.05) is 16.6 Å². The summed E-state index contributed by atoms with van der Waals surface area (Å²) in [6.07, 6.45) is 5.09. The Morgan fingerprint density at radius 3 is 2.71 bits per heavy atom. The van der Waals surface area contributed by atoms with Crippen molar-refractivity contribution in [3.8, 4) is 0 Å². The number of hydrogen-bond acceptors (Lipinski definition) is 3. The van der Waals surface area contributed by atoms with Crippen LogP contribution in [0.2, 0.25) is 0 Å². The molecule has 3 nitrogen and oxygen atoms in total. The third kappa shape index (κ3) is 2.80. The summed E-state index contributed by atoms with van der Waals surface area (Å²) in [6.45, 7) is 4.05. The lowest BCUT2D eigenvalue weighted by molar-refractivity contribution is 0.0931. The molecule has 1 aromatic heterocycles. The van der Waals surface area contributed by atoms with Crippen molar-refractivity contribution in [3.63, 3.8) is 0 Å². The Morgan fingerprint density at radius 1 is 1.53 bits per heavy atom. The SMILES string of the molecule is Cc1sc(C(=O)NC(C)C2CCCC2)cc1N. The maximum absolute atomic E-state index is 12.0. The van der Waals surface area contributed by atoms with E-state index in [0.29, 0.717) is 11.6 Å². The van der Waals surface area contributed by atoms with Crippen molar-refractivity contribution in [3.05, 3.63) is 15.8 Å². The zero-order valence-electron chi connectivity index (χ0n) is 10.5. The second kappa shape index (κ2) is 5.08. The lowest BCUT2D eigenvalue weighted by Crippen LogP contribution is -2.36. The van der Waals surface area contributed by atoms with Crippen molar-refractivity contribution in [2.24, 2.45) is 5.92 Å². The van der Waals surface area contributed by atoms with E-state index in [-0.39, 0.29) is 11.9 Å². The van der Waals surface area contributed by atoms with Crippen LogP contribution in [-0.2, 0) is 0 Å². The summed E-state index contributed by atoms with van der Waals surface area (Å²) in [5.41, 5.74) is 6.48. The van der Waals surface area contributed by atoms with Gasteiger partial charge in [0.25, 0.3) is 5.91 Å². The predicted molar refractivity (Wildman–Crippen MR) is 72.4 cm³/mol. The molecule has 1 saturated carbocycles. The van der Waals surface area contributed by atoms with E-state index in [2.05, 4.69) is 12.2 Å². The van der Waals surface area contributed by atoms with Crippen molar-refractivity contribution in [1.29, 1.82) is 0 Å². The lowest BCUT2D eigenvalue weighted by atomic mass is 10.00. The van der Waals surface area contributed by atoms with Crippen LogP contribution in [0.3, 0.4) is 0 Å². The molecule has 1 aromatic rings. The van der Waals surface area contributed by atoms with E-state index in [4.69, 9.17) is 5.73 Å². The van der Waals surface area contributed by atoms with Gasteiger partial charge in [0.05, 0.1) is 4.88 Å². The van der Waals surface area contributed by atoms with Gasteiger partial charge in [-0.1, -0.05) is 12.8 Å². The van der Waals surface area contributed by atoms with E-state index >= 15 is 0 Å². The Labute approximate surface area is 106 Å². The van der Waals surface area contributed by atoms with Crippen molar-refractivity contribution in [1.82, 2.24) is 5.32 Å². The topological polar surface area (TPSA) is 55.1 Å². The summed E-state index contributed by atoms with van der Waals surface area (Å²) in [5, 5.41) is 3.09. The first-order valence-corrected chi connectivity index (χ1v) is 7.06. The van der Waals surface area contributed by atoms with E-state index in [1.54, 1.807) is 6.07 Å². The van der Waals surface area contributed by atoms with Gasteiger partial charge in [-0.25, -0.2) is 0 Å². The standard InChI is InChI=1S/C13H20N2OS/c1-8(10-5-3-4-6-10)15-13(16)12-7-11(14)9(2)17-12/h7-8,10H,3-6,14H2,1-2H3,(H,15,16). The first-order chi connectivity index (χ1) is 8.08. The molecule has 1 atom stereocenters. The number of nitrogens with two attached hydrogens (primary N) is 1. The van der Waals surface area contributed by atoms with E-state index in [1.807, 2.05) is 6.92 Å². The fraction of sp³-hybridized carbons (Fsp3) is 0.615. The molecule has 1 unspecified atom stereocenters. The molecule has 1 fully saturated rings. The minimum atomic E-state index is 0.0224. The highest BCUT2D eigenvalue weighted by atomic mass is 32.1. The maximum atomic E-state index is 12.0. The molecule has 1 heterocycles. The summed E-state index contributed by atoms with van der Waals surface area (Å²) in [6, 6.07) is 2.05. The molecule has 2 rings (SSSR count). The number of carbonyl (C=O) groups is 1. The van der Waals surface area contributed by atoms with Gasteiger partial charge in [0.1, 0.15) is 0 Å². The molecule has 0 radical (unpaired) electrons. The first kappa shape index (κ1) is 12.4. The third-order valence-electron chi connectivity index (χ3n) is 3.65. The molecular weight excluding hydrogens is 232 g/mol. The first-order valence-electron chi connectivity index (χ1n) is 6.24. The molecule has 0 saturated heterocycles. The summed E-state index contributed by atoms with van der Waals surface area (Å²) < 4.78 is 0. The Balaban J connectivity index is 1.96. The largest absolute Gasteiger partial charge is 0.398 e. The lowest BCUT2D eigenvalue weighted by Gasteiger charge is -2.19. The van der Waals surface area contributed by atoms with Gasteiger partial charge in [-0.2, -0.15) is 0 Å². The monoisotopic (exact) mass is 252 g/mol. The highest BCUT2D eigenvalue weighted by Gasteiger charge is 2.23. The quantitative estimate of drug-likeness (QED) is 0.869. The fourth-order valence-electron chi connectivity index (χ4n) is 2.46. The Kier molecular flexibility index (Phi) is 3.72. The summed E-state index contributed by atoms with van der Waals surface area (Å²) in [7, 11) is 0. The molecule has 17 heavy (non-hydrogen) atoms. The molecule has 3 N–H and O–H groups in total. The van der Waals surface area contributed by atoms with Crippen molar-refractivity contribution in [2.45, 2.75) is 45.6 Å². The zero-order chi connectivity index (χ0) is 12.4. The van der Waals surface area contributed by atoms with E-state index in [9.17, 15) is 4.79 Å². The highest BCUT2D eigenvalue weighted by molar-refractivity contribution is 7.14. The third-order valence-corrected chi connectivity index (χ3v) is 4.71. The Morgan fingerprint density at radius 2 is 2.18 bits per heavy atom. The average molecular weight is 252 g/mol. The summed E-state index contributed by atoms with van der Waals surface area (Å²) in [5.74, 6) is 0.673. The molecule has 94 valence electrons. The minimum absolute atomic E-state index is 0.0224. The van der Waals surface area contributed by atoms with E-state index in [1.165, 1.54) is 37.0 Å². The molecule has 0 spiro atoms. The van der Waals surface area contributed by atoms with Crippen LogP contribution in [0.1, 0.15) is 47.2 Å². The summed E-state index contributed by atoms with van der Waals surface area (Å²) >= 11 is 1.47. The molecule has 0 aliphatic heterocycles. The number of anilines is 1. The molecular formula is C13H20N2OS. The molecule has 4 heteroatoms. The van der Waals surface area contributed by atoms with Gasteiger partial charge in [0.15, 0.2) is 0 Å². The second-order valence-electron chi connectivity index (χ2n) is 4.93. The van der Waals surface area contributed by atoms with E-state index < -0.39 is 0 Å². The predicted octanol–water partition coefficient (Wildman–Crippen LogP) is 2.95. The van der Waals surface area contributed by atoms with Gasteiger partial charge in [-0.05, 0) is 38.7 Å². The summed E-state index contributed by atoms with van der Waals surface area (Å²) in [4.78, 5) is 13.8.